The van der Waals surface area contributed by atoms with E-state index in [1.807, 2.05) is 13.0 Å². The topological polar surface area (TPSA) is 71.5 Å². The molecule has 18 heavy (non-hydrogen) atoms. The number of amides is 1. The second kappa shape index (κ2) is 5.46. The molecule has 5 nitrogen and oxygen atoms in total. The third kappa shape index (κ3) is 2.86. The van der Waals surface area contributed by atoms with Crippen LogP contribution in [0.4, 0.5) is 0 Å². The first-order valence-electron chi connectivity index (χ1n) is 6.10. The third-order valence-electron chi connectivity index (χ3n) is 3.25. The van der Waals surface area contributed by atoms with Gasteiger partial charge in [-0.15, -0.1) is 0 Å². The number of ether oxygens (including phenoxy) is 1. The maximum absolute atomic E-state index is 12.1. The van der Waals surface area contributed by atoms with Gasteiger partial charge in [-0.25, -0.2) is 4.98 Å². The normalized spacial score (nSPS) is 18.3. The molecule has 0 saturated carbocycles. The molecule has 0 aliphatic carbocycles. The van der Waals surface area contributed by atoms with Gasteiger partial charge in [0, 0.05) is 18.9 Å². The van der Waals surface area contributed by atoms with Crippen LogP contribution in [-0.4, -0.2) is 41.4 Å². The molecule has 1 aliphatic heterocycles. The monoisotopic (exact) mass is 250 g/mol. The highest BCUT2D eigenvalue weighted by atomic mass is 16.5. The number of carbonyl (C=O) groups is 1. The van der Waals surface area contributed by atoms with Crippen molar-refractivity contribution >= 4 is 5.91 Å². The summed E-state index contributed by atoms with van der Waals surface area (Å²) >= 11 is 0. The first-order valence-corrected chi connectivity index (χ1v) is 6.10. The minimum absolute atomic E-state index is 0.0755. The first-order chi connectivity index (χ1) is 8.65. The highest BCUT2D eigenvalue weighted by Gasteiger charge is 2.33. The van der Waals surface area contributed by atoms with Crippen molar-refractivity contribution in [2.75, 3.05) is 19.8 Å². The van der Waals surface area contributed by atoms with Crippen LogP contribution in [0.1, 0.15) is 29.0 Å². The zero-order valence-corrected chi connectivity index (χ0v) is 10.5. The molecular formula is C13H18N2O3. The lowest BCUT2D eigenvalue weighted by Crippen LogP contribution is -2.54. The molecule has 0 atom stereocenters. The van der Waals surface area contributed by atoms with E-state index < -0.39 is 5.54 Å². The van der Waals surface area contributed by atoms with Crippen LogP contribution < -0.4 is 5.32 Å². The Morgan fingerprint density at radius 2 is 2.22 bits per heavy atom. The molecule has 0 spiro atoms. The number of aryl methyl sites for hydroxylation is 1. The fourth-order valence-electron chi connectivity index (χ4n) is 2.06. The van der Waals surface area contributed by atoms with Gasteiger partial charge in [0.15, 0.2) is 0 Å². The predicted octanol–water partition coefficient (Wildman–Crippen LogP) is 0.661. The zero-order valence-electron chi connectivity index (χ0n) is 10.5. The van der Waals surface area contributed by atoms with E-state index in [1.54, 1.807) is 12.1 Å². The molecule has 1 saturated heterocycles. The van der Waals surface area contributed by atoms with E-state index in [4.69, 9.17) is 4.74 Å². The van der Waals surface area contributed by atoms with E-state index in [0.29, 0.717) is 31.7 Å². The van der Waals surface area contributed by atoms with Crippen LogP contribution >= 0.6 is 0 Å². The molecule has 2 N–H and O–H groups in total. The Kier molecular flexibility index (Phi) is 3.93. The fraction of sp³-hybridized carbons (Fsp3) is 0.538. The highest BCUT2D eigenvalue weighted by molar-refractivity contribution is 5.92. The number of hydrogen-bond donors (Lipinski definition) is 2. The van der Waals surface area contributed by atoms with Gasteiger partial charge in [-0.05, 0) is 31.9 Å². The average Bonchev–Trinajstić information content (AvgIpc) is 2.40. The van der Waals surface area contributed by atoms with Crippen LogP contribution in [0.3, 0.4) is 0 Å². The number of aliphatic hydroxyl groups excluding tert-OH is 1. The van der Waals surface area contributed by atoms with Crippen LogP contribution in [0.25, 0.3) is 0 Å². The summed E-state index contributed by atoms with van der Waals surface area (Å²) in [4.78, 5) is 16.3. The number of nitrogens with zero attached hydrogens (tertiary/aromatic N) is 1. The van der Waals surface area contributed by atoms with Gasteiger partial charge >= 0.3 is 0 Å². The van der Waals surface area contributed by atoms with E-state index in [2.05, 4.69) is 10.3 Å². The fourth-order valence-corrected chi connectivity index (χ4v) is 2.06. The first kappa shape index (κ1) is 13.0. The van der Waals surface area contributed by atoms with Crippen LogP contribution in [0.15, 0.2) is 18.2 Å². The Morgan fingerprint density at radius 3 is 2.83 bits per heavy atom. The Morgan fingerprint density at radius 1 is 1.50 bits per heavy atom. The highest BCUT2D eigenvalue weighted by Crippen LogP contribution is 2.20. The van der Waals surface area contributed by atoms with Gasteiger partial charge in [-0.2, -0.15) is 0 Å². The largest absolute Gasteiger partial charge is 0.394 e. The summed E-state index contributed by atoms with van der Waals surface area (Å²) in [5.41, 5.74) is 0.614. The summed E-state index contributed by atoms with van der Waals surface area (Å²) in [6.07, 6.45) is 1.25. The number of nitrogens with one attached hydrogen (secondary N) is 1. The van der Waals surface area contributed by atoms with Crippen molar-refractivity contribution < 1.29 is 14.6 Å². The summed E-state index contributed by atoms with van der Waals surface area (Å²) in [6, 6.07) is 5.31. The lowest BCUT2D eigenvalue weighted by Gasteiger charge is -2.36. The summed E-state index contributed by atoms with van der Waals surface area (Å²) in [7, 11) is 0. The lowest BCUT2D eigenvalue weighted by molar-refractivity contribution is 0.0124. The number of aliphatic hydroxyl groups is 1. The molecule has 1 fully saturated rings. The van der Waals surface area contributed by atoms with Crippen LogP contribution in [0.2, 0.25) is 0 Å². The molecule has 0 aromatic carbocycles. The Bertz CT molecular complexity index is 428. The van der Waals surface area contributed by atoms with Crippen LogP contribution in [-0.2, 0) is 4.74 Å². The molecule has 98 valence electrons. The number of carbonyl (C=O) groups excluding carboxylic acids is 1. The van der Waals surface area contributed by atoms with E-state index in [9.17, 15) is 9.90 Å². The summed E-state index contributed by atoms with van der Waals surface area (Å²) in [5, 5.41) is 12.4. The second-order valence-electron chi connectivity index (χ2n) is 4.67. The van der Waals surface area contributed by atoms with Crippen molar-refractivity contribution in [3.05, 3.63) is 29.6 Å². The summed E-state index contributed by atoms with van der Waals surface area (Å²) < 4.78 is 5.25. The molecule has 1 aromatic heterocycles. The van der Waals surface area contributed by atoms with Gasteiger partial charge < -0.3 is 15.2 Å². The van der Waals surface area contributed by atoms with Gasteiger partial charge in [0.2, 0.25) is 0 Å². The van der Waals surface area contributed by atoms with Gasteiger partial charge in [0.1, 0.15) is 5.69 Å². The predicted molar refractivity (Wildman–Crippen MR) is 66.3 cm³/mol. The second-order valence-corrected chi connectivity index (χ2v) is 4.67. The molecule has 1 aromatic rings. The van der Waals surface area contributed by atoms with Crippen molar-refractivity contribution in [3.8, 4) is 0 Å². The maximum Gasteiger partial charge on any atom is 0.270 e. The minimum atomic E-state index is -0.569. The van der Waals surface area contributed by atoms with Crippen molar-refractivity contribution in [2.45, 2.75) is 25.3 Å². The summed E-state index contributed by atoms with van der Waals surface area (Å²) in [6.45, 7) is 2.88. The van der Waals surface area contributed by atoms with Crippen molar-refractivity contribution in [1.82, 2.24) is 10.3 Å². The van der Waals surface area contributed by atoms with Gasteiger partial charge in [0.25, 0.3) is 5.91 Å². The van der Waals surface area contributed by atoms with Gasteiger partial charge in [-0.3, -0.25) is 4.79 Å². The minimum Gasteiger partial charge on any atom is -0.394 e. The lowest BCUT2D eigenvalue weighted by atomic mass is 9.91. The number of hydrogen-bond acceptors (Lipinski definition) is 4. The summed E-state index contributed by atoms with van der Waals surface area (Å²) in [5.74, 6) is -0.241. The molecule has 0 bridgehead atoms. The number of pyridine rings is 1. The van der Waals surface area contributed by atoms with E-state index >= 15 is 0 Å². The van der Waals surface area contributed by atoms with Gasteiger partial charge in [-0.1, -0.05) is 6.07 Å². The quantitative estimate of drug-likeness (QED) is 0.826. The van der Waals surface area contributed by atoms with Crippen molar-refractivity contribution in [2.24, 2.45) is 0 Å². The smallest absolute Gasteiger partial charge is 0.270 e. The SMILES string of the molecule is Cc1cccc(C(=O)NC2(CO)CCOCC2)n1. The van der Waals surface area contributed by atoms with E-state index in [-0.39, 0.29) is 12.5 Å². The molecule has 0 radical (unpaired) electrons. The van der Waals surface area contributed by atoms with E-state index in [1.165, 1.54) is 0 Å². The Balaban J connectivity index is 2.10. The standard InChI is InChI=1S/C13H18N2O3/c1-10-3-2-4-11(14-10)12(17)15-13(9-16)5-7-18-8-6-13/h2-4,16H,5-9H2,1H3,(H,15,17). The van der Waals surface area contributed by atoms with Gasteiger partial charge in [0.05, 0.1) is 12.1 Å². The van der Waals surface area contributed by atoms with Crippen molar-refractivity contribution in [1.29, 1.82) is 0 Å². The molecule has 2 rings (SSSR count). The van der Waals surface area contributed by atoms with Crippen LogP contribution in [0, 0.1) is 6.92 Å². The van der Waals surface area contributed by atoms with E-state index in [0.717, 1.165) is 5.69 Å². The number of aromatic nitrogens is 1. The average molecular weight is 250 g/mol. The molecule has 2 heterocycles. The third-order valence-corrected chi connectivity index (χ3v) is 3.25. The molecular weight excluding hydrogens is 232 g/mol. The zero-order chi connectivity index (χ0) is 13.0. The molecule has 1 amide bonds. The Hall–Kier alpha value is -1.46. The molecule has 1 aliphatic rings. The van der Waals surface area contributed by atoms with Crippen molar-refractivity contribution in [3.63, 3.8) is 0 Å². The molecule has 0 unspecified atom stereocenters. The van der Waals surface area contributed by atoms with Crippen LogP contribution in [0.5, 0.6) is 0 Å². The maximum atomic E-state index is 12.1. The molecule has 5 heteroatoms. The number of rotatable bonds is 3. The Labute approximate surface area is 106 Å².